The van der Waals surface area contributed by atoms with Gasteiger partial charge in [0, 0.05) is 43.7 Å². The van der Waals surface area contributed by atoms with E-state index < -0.39 is 0 Å². The average Bonchev–Trinajstić information content (AvgIpc) is 3.42. The Morgan fingerprint density at radius 3 is 2.87 bits per heavy atom. The number of ether oxygens (including phenoxy) is 1. The fourth-order valence-electron chi connectivity index (χ4n) is 5.61. The first-order valence-corrected chi connectivity index (χ1v) is 12.4. The van der Waals surface area contributed by atoms with Crippen LogP contribution in [0.1, 0.15) is 55.0 Å². The van der Waals surface area contributed by atoms with Gasteiger partial charge in [0.15, 0.2) is 5.16 Å². The Balaban J connectivity index is 1.12. The van der Waals surface area contributed by atoms with Crippen LogP contribution in [0.25, 0.3) is 0 Å². The number of nitrogens with zero attached hydrogens (tertiary/aromatic N) is 3. The Kier molecular flexibility index (Phi) is 4.63. The Morgan fingerprint density at radius 1 is 1.16 bits per heavy atom. The van der Waals surface area contributed by atoms with Gasteiger partial charge < -0.3 is 9.64 Å². The molecule has 1 aromatic carbocycles. The second-order valence-electron chi connectivity index (χ2n) is 9.29. The molecular weight excluding hydrogens is 410 g/mol. The third-order valence-electron chi connectivity index (χ3n) is 7.46. The van der Waals surface area contributed by atoms with E-state index >= 15 is 0 Å². The summed E-state index contributed by atoms with van der Waals surface area (Å²) in [6.07, 6.45) is 6.94. The second kappa shape index (κ2) is 7.40. The topological polar surface area (TPSA) is 64.4 Å². The van der Waals surface area contributed by atoms with Crippen LogP contribution < -0.4 is 10.3 Å². The van der Waals surface area contributed by atoms with Gasteiger partial charge in [0.2, 0.25) is 5.91 Å². The molecule has 1 saturated heterocycles. The highest BCUT2D eigenvalue weighted by molar-refractivity contribution is 7.99. The number of amides is 1. The number of hydrogen-bond acceptors (Lipinski definition) is 5. The van der Waals surface area contributed by atoms with Crippen molar-refractivity contribution in [2.24, 2.45) is 0 Å². The van der Waals surface area contributed by atoms with E-state index in [2.05, 4.69) is 18.2 Å². The first-order chi connectivity index (χ1) is 15.1. The molecule has 1 spiro atoms. The van der Waals surface area contributed by atoms with E-state index in [4.69, 9.17) is 9.72 Å². The molecule has 162 valence electrons. The van der Waals surface area contributed by atoms with E-state index in [9.17, 15) is 9.59 Å². The number of hydrogen-bond donors (Lipinski definition) is 0. The van der Waals surface area contributed by atoms with Crippen LogP contribution in [0.15, 0.2) is 34.2 Å². The lowest BCUT2D eigenvalue weighted by atomic mass is 9.83. The molecule has 3 aliphatic heterocycles. The standard InChI is InChI=1S/C24H27N3O3S/c28-21(14-17-15-31-23-25-19-6-3-5-18(19)22(29)27(17)23)26-12-10-24(11-13-26)9-8-16-4-1-2-7-20(16)30-24/h1-2,4,7,17H,3,5-6,8-15H2. The Bertz CT molecular complexity index is 1100. The van der Waals surface area contributed by atoms with Gasteiger partial charge in [-0.05, 0) is 43.7 Å². The molecule has 0 N–H and O–H groups in total. The number of benzene rings is 1. The highest BCUT2D eigenvalue weighted by atomic mass is 32.2. The van der Waals surface area contributed by atoms with Gasteiger partial charge in [-0.25, -0.2) is 4.98 Å². The van der Waals surface area contributed by atoms with Crippen molar-refractivity contribution in [2.45, 2.75) is 68.2 Å². The first-order valence-electron chi connectivity index (χ1n) is 11.4. The average molecular weight is 438 g/mol. The first kappa shape index (κ1) is 19.4. The van der Waals surface area contributed by atoms with Crippen molar-refractivity contribution in [2.75, 3.05) is 18.8 Å². The van der Waals surface area contributed by atoms with Gasteiger partial charge in [-0.1, -0.05) is 30.0 Å². The minimum absolute atomic E-state index is 0.0768. The van der Waals surface area contributed by atoms with E-state index in [-0.39, 0.29) is 23.1 Å². The zero-order chi connectivity index (χ0) is 21.0. The van der Waals surface area contributed by atoms with E-state index in [0.717, 1.165) is 86.0 Å². The van der Waals surface area contributed by atoms with Gasteiger partial charge in [0.25, 0.3) is 5.56 Å². The van der Waals surface area contributed by atoms with Crippen LogP contribution in [0.5, 0.6) is 5.75 Å². The van der Waals surface area contributed by atoms with Crippen LogP contribution in [0.3, 0.4) is 0 Å². The molecule has 4 heterocycles. The highest BCUT2D eigenvalue weighted by Crippen LogP contribution is 2.40. The largest absolute Gasteiger partial charge is 0.487 e. The molecule has 0 radical (unpaired) electrons. The normalized spacial score (nSPS) is 23.2. The highest BCUT2D eigenvalue weighted by Gasteiger charge is 2.41. The summed E-state index contributed by atoms with van der Waals surface area (Å²) in [5.74, 6) is 1.92. The second-order valence-corrected chi connectivity index (χ2v) is 10.3. The van der Waals surface area contributed by atoms with Crippen molar-refractivity contribution in [3.8, 4) is 5.75 Å². The molecular formula is C24H27N3O3S. The van der Waals surface area contributed by atoms with Crippen molar-refractivity contribution in [1.29, 1.82) is 0 Å². The molecule has 6 rings (SSSR count). The minimum Gasteiger partial charge on any atom is -0.487 e. The number of thioether (sulfide) groups is 1. The third-order valence-corrected chi connectivity index (χ3v) is 8.56. The van der Waals surface area contributed by atoms with Crippen molar-refractivity contribution < 1.29 is 9.53 Å². The van der Waals surface area contributed by atoms with Gasteiger partial charge in [0.05, 0.1) is 11.7 Å². The fourth-order valence-corrected chi connectivity index (χ4v) is 6.76. The molecule has 6 nitrogen and oxygen atoms in total. The Hall–Kier alpha value is -2.28. The van der Waals surface area contributed by atoms with Crippen molar-refractivity contribution in [3.05, 3.63) is 51.4 Å². The van der Waals surface area contributed by atoms with Gasteiger partial charge in [-0.3, -0.25) is 14.2 Å². The van der Waals surface area contributed by atoms with E-state index in [1.54, 1.807) is 16.3 Å². The third kappa shape index (κ3) is 3.28. The maximum Gasteiger partial charge on any atom is 0.257 e. The van der Waals surface area contributed by atoms with Crippen molar-refractivity contribution in [3.63, 3.8) is 0 Å². The van der Waals surface area contributed by atoms with Gasteiger partial charge in [-0.15, -0.1) is 0 Å². The zero-order valence-electron chi connectivity index (χ0n) is 17.6. The zero-order valence-corrected chi connectivity index (χ0v) is 18.5. The number of aromatic nitrogens is 2. The predicted molar refractivity (Wildman–Crippen MR) is 119 cm³/mol. The number of aryl methyl sites for hydroxylation is 2. The van der Waals surface area contributed by atoms with Crippen LogP contribution >= 0.6 is 11.8 Å². The van der Waals surface area contributed by atoms with Gasteiger partial charge in [0.1, 0.15) is 11.4 Å². The summed E-state index contributed by atoms with van der Waals surface area (Å²) in [6.45, 7) is 1.45. The van der Waals surface area contributed by atoms with Crippen molar-refractivity contribution in [1.82, 2.24) is 14.5 Å². The summed E-state index contributed by atoms with van der Waals surface area (Å²) in [5.41, 5.74) is 3.09. The van der Waals surface area contributed by atoms with E-state index in [1.807, 2.05) is 11.0 Å². The summed E-state index contributed by atoms with van der Waals surface area (Å²) in [6, 6.07) is 8.22. The molecule has 1 amide bonds. The van der Waals surface area contributed by atoms with Crippen molar-refractivity contribution >= 4 is 17.7 Å². The lowest BCUT2D eigenvalue weighted by Crippen LogP contribution is -2.51. The summed E-state index contributed by atoms with van der Waals surface area (Å²) in [4.78, 5) is 32.8. The Labute approximate surface area is 186 Å². The number of para-hydroxylation sites is 1. The summed E-state index contributed by atoms with van der Waals surface area (Å²) in [7, 11) is 0. The molecule has 0 saturated carbocycles. The van der Waals surface area contributed by atoms with Crippen LogP contribution in [0.2, 0.25) is 0 Å². The summed E-state index contributed by atoms with van der Waals surface area (Å²) < 4.78 is 8.24. The molecule has 31 heavy (non-hydrogen) atoms. The predicted octanol–water partition coefficient (Wildman–Crippen LogP) is 3.16. The monoisotopic (exact) mass is 437 g/mol. The Morgan fingerprint density at radius 2 is 2.00 bits per heavy atom. The summed E-state index contributed by atoms with van der Waals surface area (Å²) >= 11 is 1.62. The smallest absolute Gasteiger partial charge is 0.257 e. The molecule has 2 aromatic rings. The molecule has 1 atom stereocenters. The van der Waals surface area contributed by atoms with Crippen LogP contribution in [-0.4, -0.2) is 44.8 Å². The minimum atomic E-state index is -0.137. The van der Waals surface area contributed by atoms with Gasteiger partial charge in [-0.2, -0.15) is 0 Å². The number of likely N-dealkylation sites (tertiary alicyclic amines) is 1. The fraction of sp³-hybridized carbons (Fsp3) is 0.542. The van der Waals surface area contributed by atoms with E-state index in [0.29, 0.717) is 6.42 Å². The number of fused-ring (bicyclic) bond motifs is 3. The molecule has 7 heteroatoms. The maximum absolute atomic E-state index is 13.1. The van der Waals surface area contributed by atoms with Crippen LogP contribution in [0.4, 0.5) is 0 Å². The van der Waals surface area contributed by atoms with Crippen LogP contribution in [0, 0.1) is 0 Å². The summed E-state index contributed by atoms with van der Waals surface area (Å²) in [5, 5.41) is 0.801. The quantitative estimate of drug-likeness (QED) is 0.676. The SMILES string of the molecule is O=C(CC1CSc2nc3c(c(=O)n21)CCC3)N1CCC2(CCc3ccccc3O2)CC1. The maximum atomic E-state index is 13.1. The molecule has 4 aliphatic rings. The number of piperidine rings is 1. The number of rotatable bonds is 2. The lowest BCUT2D eigenvalue weighted by molar-refractivity contribution is -0.135. The van der Waals surface area contributed by atoms with E-state index in [1.165, 1.54) is 5.56 Å². The lowest BCUT2D eigenvalue weighted by Gasteiger charge is -2.44. The number of carbonyl (C=O) groups excluding carboxylic acids is 1. The molecule has 1 aromatic heterocycles. The molecule has 1 aliphatic carbocycles. The number of carbonyl (C=O) groups is 1. The molecule has 1 unspecified atom stereocenters. The van der Waals surface area contributed by atoms with Crippen LogP contribution in [-0.2, 0) is 24.1 Å². The van der Waals surface area contributed by atoms with Gasteiger partial charge >= 0.3 is 0 Å². The molecule has 1 fully saturated rings. The molecule has 0 bridgehead atoms.